The van der Waals surface area contributed by atoms with Crippen LogP contribution in [-0.2, 0) is 9.53 Å². The van der Waals surface area contributed by atoms with Crippen molar-refractivity contribution >= 4 is 11.6 Å². The lowest BCUT2D eigenvalue weighted by Crippen LogP contribution is -2.35. The average Bonchev–Trinajstić information content (AvgIpc) is 2.95. The van der Waals surface area contributed by atoms with Crippen LogP contribution >= 0.6 is 0 Å². The summed E-state index contributed by atoms with van der Waals surface area (Å²) in [6.07, 6.45) is 3.81. The van der Waals surface area contributed by atoms with E-state index in [2.05, 4.69) is 20.4 Å². The summed E-state index contributed by atoms with van der Waals surface area (Å²) < 4.78 is 6.45. The van der Waals surface area contributed by atoms with Crippen molar-refractivity contribution in [3.8, 4) is 5.82 Å². The van der Waals surface area contributed by atoms with Gasteiger partial charge in [0.1, 0.15) is 18.8 Å². The monoisotopic (exact) mass is 262 g/mol. The number of rotatable bonds is 5. The van der Waals surface area contributed by atoms with E-state index in [-0.39, 0.29) is 12.5 Å². The zero-order chi connectivity index (χ0) is 13.7. The predicted molar refractivity (Wildman–Crippen MR) is 67.6 cm³/mol. The van der Waals surface area contributed by atoms with Crippen LogP contribution < -0.4 is 11.1 Å². The fourth-order valence-electron chi connectivity index (χ4n) is 1.46. The molecular weight excluding hydrogens is 248 g/mol. The Balaban J connectivity index is 2.05. The number of ether oxygens (including phenoxy) is 1. The molecule has 19 heavy (non-hydrogen) atoms. The fraction of sp³-hybridized carbons (Fsp3) is 0.273. The Morgan fingerprint density at radius 1 is 1.58 bits per heavy atom. The predicted octanol–water partition coefficient (Wildman–Crippen LogP) is -0.425. The van der Waals surface area contributed by atoms with Gasteiger partial charge < -0.3 is 15.8 Å². The molecule has 2 rings (SSSR count). The molecule has 0 bridgehead atoms. The smallest absolute Gasteiger partial charge is 0.254 e. The Kier molecular flexibility index (Phi) is 4.16. The summed E-state index contributed by atoms with van der Waals surface area (Å²) in [6.45, 7) is 0.118. The molecule has 0 aliphatic carbocycles. The first-order valence-corrected chi connectivity index (χ1v) is 5.59. The molecule has 0 spiro atoms. The summed E-state index contributed by atoms with van der Waals surface area (Å²) in [6, 6.07) is 3.43. The molecule has 2 aromatic heterocycles. The second-order valence-electron chi connectivity index (χ2n) is 3.69. The molecule has 1 unspecified atom stereocenters. The summed E-state index contributed by atoms with van der Waals surface area (Å²) in [5.41, 5.74) is 5.97. The van der Waals surface area contributed by atoms with Gasteiger partial charge in [-0.25, -0.2) is 14.6 Å². The van der Waals surface area contributed by atoms with Crippen LogP contribution in [0.5, 0.6) is 0 Å². The van der Waals surface area contributed by atoms with E-state index in [1.54, 1.807) is 12.1 Å². The van der Waals surface area contributed by atoms with Crippen LogP contribution in [0.15, 0.2) is 31.0 Å². The Hall–Kier alpha value is -2.32. The minimum atomic E-state index is -0.671. The van der Waals surface area contributed by atoms with Crippen molar-refractivity contribution in [1.82, 2.24) is 19.7 Å². The lowest BCUT2D eigenvalue weighted by Gasteiger charge is -2.12. The number of nitrogens with two attached hydrogens (primary N) is 1. The Morgan fingerprint density at radius 3 is 2.95 bits per heavy atom. The molecule has 8 heteroatoms. The summed E-state index contributed by atoms with van der Waals surface area (Å²) in [5.74, 6) is 0.304. The lowest BCUT2D eigenvalue weighted by atomic mass is 10.3. The highest BCUT2D eigenvalue weighted by Crippen LogP contribution is 2.09. The van der Waals surface area contributed by atoms with Crippen LogP contribution in [0.25, 0.3) is 5.82 Å². The highest BCUT2D eigenvalue weighted by atomic mass is 16.5. The van der Waals surface area contributed by atoms with E-state index < -0.39 is 6.10 Å². The van der Waals surface area contributed by atoms with Gasteiger partial charge in [-0.2, -0.15) is 5.10 Å². The number of hydrogen-bond acceptors (Lipinski definition) is 6. The van der Waals surface area contributed by atoms with Crippen LogP contribution in [0.1, 0.15) is 0 Å². The zero-order valence-electron chi connectivity index (χ0n) is 10.4. The van der Waals surface area contributed by atoms with E-state index in [9.17, 15) is 4.79 Å². The first-order valence-electron chi connectivity index (χ1n) is 5.59. The maximum Gasteiger partial charge on any atom is 0.254 e. The third kappa shape index (κ3) is 3.12. The molecule has 8 nitrogen and oxygen atoms in total. The maximum absolute atomic E-state index is 11.7. The normalized spacial score (nSPS) is 12.1. The molecule has 1 atom stereocenters. The molecule has 0 saturated carbocycles. The first-order chi connectivity index (χ1) is 9.24. The lowest BCUT2D eigenvalue weighted by molar-refractivity contribution is -0.125. The molecule has 2 aromatic rings. The Labute approximate surface area is 109 Å². The Bertz CT molecular complexity index is 521. The van der Waals surface area contributed by atoms with Crippen molar-refractivity contribution in [1.29, 1.82) is 0 Å². The van der Waals surface area contributed by atoms with Crippen LogP contribution in [0, 0.1) is 0 Å². The molecular formula is C11H14N6O2. The number of carbonyl (C=O) groups is 1. The van der Waals surface area contributed by atoms with Gasteiger partial charge in [0.15, 0.2) is 5.82 Å². The van der Waals surface area contributed by atoms with Crippen molar-refractivity contribution in [2.45, 2.75) is 6.10 Å². The molecule has 100 valence electrons. The van der Waals surface area contributed by atoms with Gasteiger partial charge in [0, 0.05) is 13.7 Å². The van der Waals surface area contributed by atoms with Gasteiger partial charge in [-0.3, -0.25) is 4.79 Å². The van der Waals surface area contributed by atoms with Crippen molar-refractivity contribution in [2.24, 2.45) is 5.73 Å². The van der Waals surface area contributed by atoms with E-state index in [0.29, 0.717) is 11.5 Å². The van der Waals surface area contributed by atoms with Gasteiger partial charge in [0.2, 0.25) is 0 Å². The number of carbonyl (C=O) groups excluding carboxylic acids is 1. The third-order valence-electron chi connectivity index (χ3n) is 2.46. The van der Waals surface area contributed by atoms with Crippen LogP contribution in [-0.4, -0.2) is 45.4 Å². The molecule has 0 aliphatic rings. The third-order valence-corrected chi connectivity index (χ3v) is 2.46. The van der Waals surface area contributed by atoms with Crippen molar-refractivity contribution < 1.29 is 9.53 Å². The SMILES string of the molecule is COC(CN)C(=O)Nc1ccc(-n2cncn2)nc1. The molecule has 0 aromatic carbocycles. The standard InChI is InChI=1S/C11H14N6O2/c1-19-9(4-12)11(18)16-8-2-3-10(14-5-8)17-7-13-6-15-17/h2-3,5-7,9H,4,12H2,1H3,(H,16,18). The molecule has 2 heterocycles. The summed E-state index contributed by atoms with van der Waals surface area (Å²) in [5, 5.41) is 6.62. The largest absolute Gasteiger partial charge is 0.370 e. The van der Waals surface area contributed by atoms with Gasteiger partial charge in [0.05, 0.1) is 11.9 Å². The summed E-state index contributed by atoms with van der Waals surface area (Å²) in [4.78, 5) is 19.7. The van der Waals surface area contributed by atoms with Gasteiger partial charge in [-0.15, -0.1) is 0 Å². The second kappa shape index (κ2) is 6.03. The molecule has 3 N–H and O–H groups in total. The quantitative estimate of drug-likeness (QED) is 0.757. The minimum Gasteiger partial charge on any atom is -0.370 e. The Morgan fingerprint density at radius 2 is 2.42 bits per heavy atom. The number of aromatic nitrogens is 4. The highest BCUT2D eigenvalue weighted by molar-refractivity contribution is 5.94. The molecule has 0 radical (unpaired) electrons. The van der Waals surface area contributed by atoms with Gasteiger partial charge in [0.25, 0.3) is 5.91 Å². The number of hydrogen-bond donors (Lipinski definition) is 2. The first kappa shape index (κ1) is 13.1. The maximum atomic E-state index is 11.7. The van der Waals surface area contributed by atoms with E-state index in [1.165, 1.54) is 30.6 Å². The fourth-order valence-corrected chi connectivity index (χ4v) is 1.46. The number of amides is 1. The van der Waals surface area contributed by atoms with Gasteiger partial charge in [-0.1, -0.05) is 0 Å². The second-order valence-corrected chi connectivity index (χ2v) is 3.69. The number of nitrogens with zero attached hydrogens (tertiary/aromatic N) is 4. The average molecular weight is 262 g/mol. The van der Waals surface area contributed by atoms with E-state index >= 15 is 0 Å². The molecule has 1 amide bonds. The number of nitrogens with one attached hydrogen (secondary N) is 1. The van der Waals surface area contributed by atoms with Crippen LogP contribution in [0.4, 0.5) is 5.69 Å². The summed E-state index contributed by atoms with van der Waals surface area (Å²) >= 11 is 0. The number of pyridine rings is 1. The zero-order valence-corrected chi connectivity index (χ0v) is 10.4. The van der Waals surface area contributed by atoms with Crippen LogP contribution in [0.3, 0.4) is 0 Å². The van der Waals surface area contributed by atoms with Gasteiger partial charge >= 0.3 is 0 Å². The topological polar surface area (TPSA) is 108 Å². The molecule has 0 fully saturated rings. The minimum absolute atomic E-state index is 0.118. The van der Waals surface area contributed by atoms with Crippen molar-refractivity contribution in [3.63, 3.8) is 0 Å². The molecule has 0 aliphatic heterocycles. The van der Waals surface area contributed by atoms with Crippen molar-refractivity contribution in [2.75, 3.05) is 19.0 Å². The number of anilines is 1. The van der Waals surface area contributed by atoms with Crippen LogP contribution in [0.2, 0.25) is 0 Å². The van der Waals surface area contributed by atoms with E-state index in [0.717, 1.165) is 0 Å². The van der Waals surface area contributed by atoms with Crippen molar-refractivity contribution in [3.05, 3.63) is 31.0 Å². The molecule has 0 saturated heterocycles. The highest BCUT2D eigenvalue weighted by Gasteiger charge is 2.15. The van der Waals surface area contributed by atoms with E-state index in [1.807, 2.05) is 0 Å². The van der Waals surface area contributed by atoms with Gasteiger partial charge in [-0.05, 0) is 12.1 Å². The summed E-state index contributed by atoms with van der Waals surface area (Å²) in [7, 11) is 1.43. The number of methoxy groups -OCH3 is 1. The van der Waals surface area contributed by atoms with E-state index in [4.69, 9.17) is 10.5 Å².